The summed E-state index contributed by atoms with van der Waals surface area (Å²) in [6, 6.07) is 0. The van der Waals surface area contributed by atoms with Crippen LogP contribution in [-0.4, -0.2) is 57.9 Å². The van der Waals surface area contributed by atoms with E-state index >= 15 is 8.78 Å². The van der Waals surface area contributed by atoms with E-state index in [0.717, 1.165) is 0 Å². The molecule has 6 nitrogen and oxygen atoms in total. The standard InChI is InChI=1S/C25H36F2O6/c1-5-21(32)33-25(20(31)12-28)13(2)8-15-16-10-18(26)17-9-14(29)6-7-22(17,3)24(16,27)19(30)11-23(15,25)4/h13,15-19,28,30H,5-12H2,1-4H3/t13-,15-,16-,17-,18-,19-,22-,23-,24-,25-/m0/s1. The molecule has 10 atom stereocenters. The fourth-order valence-electron chi connectivity index (χ4n) is 8.59. The van der Waals surface area contributed by atoms with Crippen LogP contribution in [0.5, 0.6) is 0 Å². The minimum atomic E-state index is -2.13. The van der Waals surface area contributed by atoms with Crippen molar-refractivity contribution in [1.82, 2.24) is 0 Å². The second-order valence-corrected chi connectivity index (χ2v) is 11.4. The number of Topliss-reactive ketones (excluding diaryl/α,β-unsaturated/α-hetero) is 2. The van der Waals surface area contributed by atoms with Crippen molar-refractivity contribution in [3.8, 4) is 0 Å². The van der Waals surface area contributed by atoms with Gasteiger partial charge in [0, 0.05) is 47.8 Å². The smallest absolute Gasteiger partial charge is 0.306 e. The first-order valence-corrected chi connectivity index (χ1v) is 12.2. The van der Waals surface area contributed by atoms with E-state index in [-0.39, 0.29) is 44.3 Å². The van der Waals surface area contributed by atoms with Gasteiger partial charge in [0.2, 0.25) is 5.78 Å². The lowest BCUT2D eigenvalue weighted by Crippen LogP contribution is -2.73. The average molecular weight is 471 g/mol. The second kappa shape index (κ2) is 7.80. The summed E-state index contributed by atoms with van der Waals surface area (Å²) in [7, 11) is 0. The molecule has 0 aliphatic heterocycles. The average Bonchev–Trinajstić information content (AvgIpc) is 2.98. The minimum Gasteiger partial charge on any atom is -0.450 e. The molecule has 8 heteroatoms. The van der Waals surface area contributed by atoms with Gasteiger partial charge in [-0.2, -0.15) is 0 Å². The summed E-state index contributed by atoms with van der Waals surface area (Å²) in [6.07, 6.45) is -2.59. The van der Waals surface area contributed by atoms with Gasteiger partial charge in [0.25, 0.3) is 0 Å². The molecule has 0 aromatic heterocycles. The fraction of sp³-hybridized carbons (Fsp3) is 0.880. The first-order valence-electron chi connectivity index (χ1n) is 12.2. The topological polar surface area (TPSA) is 101 Å². The number of hydrogen-bond acceptors (Lipinski definition) is 6. The highest BCUT2D eigenvalue weighted by molar-refractivity contribution is 5.92. The van der Waals surface area contributed by atoms with Crippen LogP contribution in [0.25, 0.3) is 0 Å². The first-order chi connectivity index (χ1) is 15.3. The Morgan fingerprint density at radius 2 is 1.82 bits per heavy atom. The van der Waals surface area contributed by atoms with Crippen LogP contribution < -0.4 is 0 Å². The molecule has 0 aromatic carbocycles. The van der Waals surface area contributed by atoms with Crippen LogP contribution in [0, 0.1) is 34.5 Å². The summed E-state index contributed by atoms with van der Waals surface area (Å²) in [5.74, 6) is -4.11. The van der Waals surface area contributed by atoms with Gasteiger partial charge in [0.1, 0.15) is 24.2 Å². The largest absolute Gasteiger partial charge is 0.450 e. The van der Waals surface area contributed by atoms with Crippen LogP contribution in [0.2, 0.25) is 0 Å². The number of carbonyl (C=O) groups excluding carboxylic acids is 3. The molecule has 0 aromatic rings. The highest BCUT2D eigenvalue weighted by Crippen LogP contribution is 2.72. The normalized spacial score (nSPS) is 51.3. The number of hydrogen-bond donors (Lipinski definition) is 2. The van der Waals surface area contributed by atoms with Crippen molar-refractivity contribution in [1.29, 1.82) is 0 Å². The number of aliphatic hydroxyl groups excluding tert-OH is 2. The van der Waals surface area contributed by atoms with E-state index in [2.05, 4.69) is 0 Å². The lowest BCUT2D eigenvalue weighted by Gasteiger charge is -2.65. The van der Waals surface area contributed by atoms with Crippen molar-refractivity contribution >= 4 is 17.5 Å². The van der Waals surface area contributed by atoms with E-state index in [1.165, 1.54) is 0 Å². The molecule has 4 rings (SSSR count). The molecule has 4 aliphatic carbocycles. The highest BCUT2D eigenvalue weighted by Gasteiger charge is 2.78. The van der Waals surface area contributed by atoms with Gasteiger partial charge < -0.3 is 14.9 Å². The molecule has 4 fully saturated rings. The number of rotatable bonds is 4. The number of esters is 1. The van der Waals surface area contributed by atoms with Crippen molar-refractivity contribution in [2.24, 2.45) is 34.5 Å². The Balaban J connectivity index is 1.84. The number of halogens is 2. The van der Waals surface area contributed by atoms with Gasteiger partial charge in [-0.3, -0.25) is 14.4 Å². The molecule has 186 valence electrons. The quantitative estimate of drug-likeness (QED) is 0.613. The third-order valence-electron chi connectivity index (χ3n) is 10.2. The van der Waals surface area contributed by atoms with Crippen molar-refractivity contribution in [2.75, 3.05) is 6.61 Å². The van der Waals surface area contributed by atoms with Gasteiger partial charge in [-0.05, 0) is 31.6 Å². The molecule has 0 amide bonds. The molecule has 0 unspecified atom stereocenters. The van der Waals surface area contributed by atoms with E-state index < -0.39 is 76.4 Å². The van der Waals surface area contributed by atoms with E-state index in [9.17, 15) is 24.6 Å². The summed E-state index contributed by atoms with van der Waals surface area (Å²) in [6.45, 7) is 5.87. The van der Waals surface area contributed by atoms with Crippen molar-refractivity contribution < 1.29 is 38.1 Å². The Bertz CT molecular complexity index is 864. The molecular formula is C25H36F2O6. The van der Waals surface area contributed by atoms with Gasteiger partial charge in [-0.1, -0.05) is 27.7 Å². The molecule has 0 saturated heterocycles. The maximum atomic E-state index is 17.3. The van der Waals surface area contributed by atoms with E-state index in [1.54, 1.807) is 27.7 Å². The van der Waals surface area contributed by atoms with E-state index in [0.29, 0.717) is 6.42 Å². The molecule has 33 heavy (non-hydrogen) atoms. The Morgan fingerprint density at radius 1 is 1.15 bits per heavy atom. The number of ether oxygens (including phenoxy) is 1. The zero-order valence-corrected chi connectivity index (χ0v) is 19.9. The van der Waals surface area contributed by atoms with Crippen LogP contribution in [0.4, 0.5) is 8.78 Å². The van der Waals surface area contributed by atoms with Gasteiger partial charge in [0.15, 0.2) is 5.60 Å². The van der Waals surface area contributed by atoms with Crippen LogP contribution >= 0.6 is 0 Å². The number of ketones is 2. The lowest BCUT2D eigenvalue weighted by atomic mass is 9.41. The fourth-order valence-corrected chi connectivity index (χ4v) is 8.59. The van der Waals surface area contributed by atoms with Crippen molar-refractivity contribution in [3.05, 3.63) is 0 Å². The van der Waals surface area contributed by atoms with Crippen molar-refractivity contribution in [2.45, 2.75) is 96.2 Å². The third-order valence-corrected chi connectivity index (χ3v) is 10.2. The van der Waals surface area contributed by atoms with E-state index in [4.69, 9.17) is 4.74 Å². The van der Waals surface area contributed by atoms with Gasteiger partial charge in [-0.15, -0.1) is 0 Å². The van der Waals surface area contributed by atoms with Crippen LogP contribution in [0.15, 0.2) is 0 Å². The summed E-state index contributed by atoms with van der Waals surface area (Å²) in [5, 5.41) is 21.2. The monoisotopic (exact) mass is 470 g/mol. The Kier molecular flexibility index (Phi) is 5.84. The highest BCUT2D eigenvalue weighted by atomic mass is 19.1. The Morgan fingerprint density at radius 3 is 2.42 bits per heavy atom. The zero-order chi connectivity index (χ0) is 24.6. The summed E-state index contributed by atoms with van der Waals surface area (Å²) in [4.78, 5) is 37.7. The predicted molar refractivity (Wildman–Crippen MR) is 115 cm³/mol. The first kappa shape index (κ1) is 24.7. The SMILES string of the molecule is CCC(=O)O[C@]1(C(=O)CO)[C@@H](C)C[C@H]2[C@@H]3C[C@H](F)[C@@H]4CC(=O)CC[C@]4(C)[C@@]3(F)[C@@H](O)C[C@@]21C. The summed E-state index contributed by atoms with van der Waals surface area (Å²) >= 11 is 0. The lowest BCUT2D eigenvalue weighted by molar-refractivity contribution is -0.267. The molecule has 2 N–H and O–H groups in total. The molecule has 0 bridgehead atoms. The molecular weight excluding hydrogens is 434 g/mol. The summed E-state index contributed by atoms with van der Waals surface area (Å²) in [5.41, 5.74) is -6.21. The number of carbonyl (C=O) groups is 3. The zero-order valence-electron chi connectivity index (χ0n) is 19.9. The molecule has 4 saturated carbocycles. The maximum absolute atomic E-state index is 17.3. The third kappa shape index (κ3) is 2.92. The van der Waals surface area contributed by atoms with E-state index in [1.807, 2.05) is 0 Å². The number of aliphatic hydroxyl groups is 2. The van der Waals surface area contributed by atoms with Gasteiger partial charge in [-0.25, -0.2) is 8.78 Å². The van der Waals surface area contributed by atoms with Gasteiger partial charge >= 0.3 is 5.97 Å². The number of alkyl halides is 2. The summed E-state index contributed by atoms with van der Waals surface area (Å²) < 4.78 is 38.6. The van der Waals surface area contributed by atoms with Crippen molar-refractivity contribution in [3.63, 3.8) is 0 Å². The van der Waals surface area contributed by atoms with Crippen LogP contribution in [-0.2, 0) is 19.1 Å². The van der Waals surface area contributed by atoms with Gasteiger partial charge in [0.05, 0.1) is 6.10 Å². The second-order valence-electron chi connectivity index (χ2n) is 11.4. The minimum absolute atomic E-state index is 0.0211. The molecule has 4 aliphatic rings. The maximum Gasteiger partial charge on any atom is 0.306 e. The van der Waals surface area contributed by atoms with Crippen LogP contribution in [0.1, 0.15) is 72.6 Å². The molecule has 0 spiro atoms. The Hall–Kier alpha value is -1.41. The Labute approximate surface area is 193 Å². The van der Waals surface area contributed by atoms with Crippen LogP contribution in [0.3, 0.4) is 0 Å². The predicted octanol–water partition coefficient (Wildman–Crippen LogP) is 3.11. The molecule has 0 heterocycles. The number of fused-ring (bicyclic) bond motifs is 5. The molecule has 0 radical (unpaired) electrons.